The lowest BCUT2D eigenvalue weighted by molar-refractivity contribution is 0.0599. The molecule has 0 heterocycles. The summed E-state index contributed by atoms with van der Waals surface area (Å²) < 4.78 is 35.6. The minimum Gasteiger partial charge on any atom is -0.465 e. The summed E-state index contributed by atoms with van der Waals surface area (Å²) in [4.78, 5) is 24.8. The molecule has 0 saturated carbocycles. The summed E-state index contributed by atoms with van der Waals surface area (Å²) in [6.45, 7) is 1.82. The van der Waals surface area contributed by atoms with Crippen LogP contribution < -0.4 is 14.8 Å². The number of hydrogen-bond donors (Lipinski definition) is 2. The van der Waals surface area contributed by atoms with Crippen LogP contribution in [0.15, 0.2) is 89.8 Å². The molecule has 0 radical (unpaired) electrons. The largest absolute Gasteiger partial charge is 0.465 e. The topological polar surface area (TPSA) is 111 Å². The fraction of sp³-hybridized carbons (Fsp3) is 0.0769. The number of amides is 2. The molecule has 4 aromatic carbocycles. The average molecular weight is 491 g/mol. The molecule has 0 aliphatic carbocycles. The molecule has 35 heavy (non-hydrogen) atoms. The molecule has 0 aliphatic rings. The van der Waals surface area contributed by atoms with Crippen molar-refractivity contribution in [2.45, 2.75) is 11.8 Å². The summed E-state index contributed by atoms with van der Waals surface area (Å²) in [6.07, 6.45) is 0. The fourth-order valence-corrected chi connectivity index (χ4v) is 4.38. The Balaban J connectivity index is 1.60. The smallest absolute Gasteiger partial charge is 0.341 e. The van der Waals surface area contributed by atoms with Gasteiger partial charge in [-0.05, 0) is 42.6 Å². The Hall–Kier alpha value is -4.37. The van der Waals surface area contributed by atoms with Crippen LogP contribution in [0.25, 0.3) is 10.8 Å². The second kappa shape index (κ2) is 9.86. The van der Waals surface area contributed by atoms with Crippen molar-refractivity contribution in [3.05, 3.63) is 96.1 Å². The maximum Gasteiger partial charge on any atom is 0.341 e. The Morgan fingerprint density at radius 2 is 1.54 bits per heavy atom. The summed E-state index contributed by atoms with van der Waals surface area (Å²) in [5.41, 5.74) is 1.58. The molecule has 0 aliphatic heterocycles. The maximum absolute atomic E-state index is 12.8. The van der Waals surface area contributed by atoms with Gasteiger partial charge in [0, 0.05) is 17.1 Å². The van der Waals surface area contributed by atoms with Gasteiger partial charge in [0.05, 0.1) is 12.8 Å². The number of esters is 1. The highest BCUT2D eigenvalue weighted by Gasteiger charge is 2.22. The van der Waals surface area contributed by atoms with E-state index in [4.69, 9.17) is 8.92 Å². The van der Waals surface area contributed by atoms with Crippen molar-refractivity contribution in [3.63, 3.8) is 0 Å². The molecule has 4 rings (SSSR count). The van der Waals surface area contributed by atoms with Gasteiger partial charge >= 0.3 is 22.1 Å². The molecule has 0 spiro atoms. The van der Waals surface area contributed by atoms with Crippen molar-refractivity contribution >= 4 is 44.3 Å². The molecule has 8 nitrogen and oxygen atoms in total. The predicted molar refractivity (Wildman–Crippen MR) is 133 cm³/mol. The highest BCUT2D eigenvalue weighted by molar-refractivity contribution is 7.87. The number of methoxy groups -OCH3 is 1. The number of benzene rings is 4. The highest BCUT2D eigenvalue weighted by Crippen LogP contribution is 2.28. The summed E-state index contributed by atoms with van der Waals surface area (Å²) >= 11 is 0. The molecule has 0 atom stereocenters. The number of urea groups is 1. The third kappa shape index (κ3) is 5.42. The standard InChI is InChI=1S/C26H22N2O6S/c1-17-10-13-20(14-11-17)35(31,32)34-24-16-19(12-15-22(24)25(29)33-2)27-26(30)28-23-9-5-7-18-6-3-4-8-21(18)23/h3-16H,1-2H3,(H2,27,28,30). The molecule has 178 valence electrons. The minimum atomic E-state index is -4.25. The normalized spacial score (nSPS) is 11.0. The van der Waals surface area contributed by atoms with Gasteiger partial charge in [-0.1, -0.05) is 54.1 Å². The van der Waals surface area contributed by atoms with Crippen molar-refractivity contribution in [3.8, 4) is 5.75 Å². The van der Waals surface area contributed by atoms with E-state index in [1.165, 1.54) is 37.4 Å². The second-order valence-corrected chi connectivity index (χ2v) is 9.21. The van der Waals surface area contributed by atoms with Crippen LogP contribution >= 0.6 is 0 Å². The lowest BCUT2D eigenvalue weighted by Crippen LogP contribution is -2.20. The molecular weight excluding hydrogens is 468 g/mol. The van der Waals surface area contributed by atoms with Gasteiger partial charge < -0.3 is 19.6 Å². The van der Waals surface area contributed by atoms with E-state index in [0.29, 0.717) is 5.69 Å². The van der Waals surface area contributed by atoms with Crippen molar-refractivity contribution < 1.29 is 26.9 Å². The van der Waals surface area contributed by atoms with Gasteiger partial charge in [0.2, 0.25) is 0 Å². The van der Waals surface area contributed by atoms with Crippen LogP contribution in [0.1, 0.15) is 15.9 Å². The Labute approximate surface area is 202 Å². The Morgan fingerprint density at radius 1 is 0.829 bits per heavy atom. The van der Waals surface area contributed by atoms with Crippen molar-refractivity contribution in [2.75, 3.05) is 17.7 Å². The number of aryl methyl sites for hydroxylation is 1. The number of fused-ring (bicyclic) bond motifs is 1. The van der Waals surface area contributed by atoms with Gasteiger partial charge in [-0.3, -0.25) is 0 Å². The molecule has 0 bridgehead atoms. The van der Waals surface area contributed by atoms with E-state index in [-0.39, 0.29) is 21.9 Å². The molecule has 9 heteroatoms. The van der Waals surface area contributed by atoms with E-state index in [9.17, 15) is 18.0 Å². The van der Waals surface area contributed by atoms with Crippen LogP contribution in [-0.4, -0.2) is 27.5 Å². The molecule has 2 N–H and O–H groups in total. The molecule has 2 amide bonds. The van der Waals surface area contributed by atoms with E-state index >= 15 is 0 Å². The van der Waals surface area contributed by atoms with E-state index in [1.807, 2.05) is 43.3 Å². The van der Waals surface area contributed by atoms with Gasteiger partial charge in [-0.25, -0.2) is 9.59 Å². The first-order chi connectivity index (χ1) is 16.8. The van der Waals surface area contributed by atoms with Crippen LogP contribution in [0.4, 0.5) is 16.2 Å². The number of anilines is 2. The number of ether oxygens (including phenoxy) is 1. The van der Waals surface area contributed by atoms with Crippen LogP contribution in [0.5, 0.6) is 5.75 Å². The van der Waals surface area contributed by atoms with Crippen LogP contribution in [-0.2, 0) is 14.9 Å². The van der Waals surface area contributed by atoms with E-state index in [1.54, 1.807) is 18.2 Å². The van der Waals surface area contributed by atoms with Crippen molar-refractivity contribution in [2.24, 2.45) is 0 Å². The Morgan fingerprint density at radius 3 is 2.29 bits per heavy atom. The van der Waals surface area contributed by atoms with Gasteiger partial charge in [0.15, 0.2) is 5.75 Å². The number of nitrogens with one attached hydrogen (secondary N) is 2. The van der Waals surface area contributed by atoms with Crippen LogP contribution in [0, 0.1) is 6.92 Å². The molecule has 4 aromatic rings. The molecule has 0 fully saturated rings. The number of carbonyl (C=O) groups is 2. The van der Waals surface area contributed by atoms with Crippen LogP contribution in [0.2, 0.25) is 0 Å². The van der Waals surface area contributed by atoms with E-state index < -0.39 is 22.1 Å². The van der Waals surface area contributed by atoms with E-state index in [2.05, 4.69) is 10.6 Å². The Bertz CT molecular complexity index is 1510. The van der Waals surface area contributed by atoms with Gasteiger partial charge in [-0.15, -0.1) is 0 Å². The lowest BCUT2D eigenvalue weighted by Gasteiger charge is -2.14. The van der Waals surface area contributed by atoms with Gasteiger partial charge in [0.1, 0.15) is 10.5 Å². The fourth-order valence-electron chi connectivity index (χ4n) is 3.44. The molecule has 0 saturated heterocycles. The first kappa shape index (κ1) is 23.8. The highest BCUT2D eigenvalue weighted by atomic mass is 32.2. The molecular formula is C26H22N2O6S. The summed E-state index contributed by atoms with van der Waals surface area (Å²) in [5.74, 6) is -1.06. The number of carbonyl (C=O) groups excluding carboxylic acids is 2. The lowest BCUT2D eigenvalue weighted by atomic mass is 10.1. The summed E-state index contributed by atoms with van der Waals surface area (Å²) in [6, 6.07) is 22.7. The summed E-state index contributed by atoms with van der Waals surface area (Å²) in [7, 11) is -3.08. The zero-order valence-corrected chi connectivity index (χ0v) is 19.8. The monoisotopic (exact) mass is 490 g/mol. The van der Waals surface area contributed by atoms with Gasteiger partial charge in [0.25, 0.3) is 0 Å². The molecule has 0 aromatic heterocycles. The minimum absolute atomic E-state index is 0.0778. The SMILES string of the molecule is COC(=O)c1ccc(NC(=O)Nc2cccc3ccccc23)cc1OS(=O)(=O)c1ccc(C)cc1. The first-order valence-corrected chi connectivity index (χ1v) is 12.0. The quantitative estimate of drug-likeness (QED) is 0.279. The number of hydrogen-bond acceptors (Lipinski definition) is 6. The van der Waals surface area contributed by atoms with Crippen molar-refractivity contribution in [1.29, 1.82) is 0 Å². The molecule has 0 unspecified atom stereocenters. The Kier molecular flexibility index (Phi) is 6.70. The second-order valence-electron chi connectivity index (χ2n) is 7.66. The zero-order chi connectivity index (χ0) is 25.0. The third-order valence-corrected chi connectivity index (χ3v) is 6.44. The van der Waals surface area contributed by atoms with Crippen molar-refractivity contribution in [1.82, 2.24) is 0 Å². The zero-order valence-electron chi connectivity index (χ0n) is 18.9. The maximum atomic E-state index is 12.8. The average Bonchev–Trinajstić information content (AvgIpc) is 2.84. The van der Waals surface area contributed by atoms with Crippen LogP contribution in [0.3, 0.4) is 0 Å². The predicted octanol–water partition coefficient (Wildman–Crippen LogP) is 5.35. The van der Waals surface area contributed by atoms with E-state index in [0.717, 1.165) is 16.3 Å². The number of rotatable bonds is 6. The summed E-state index contributed by atoms with van der Waals surface area (Å²) in [5, 5.41) is 7.24. The van der Waals surface area contributed by atoms with Gasteiger partial charge in [-0.2, -0.15) is 8.42 Å². The third-order valence-electron chi connectivity index (χ3n) is 5.19. The first-order valence-electron chi connectivity index (χ1n) is 10.6.